The first-order chi connectivity index (χ1) is 10.5. The molecule has 1 N–H and O–H groups in total. The quantitative estimate of drug-likeness (QED) is 0.937. The van der Waals surface area contributed by atoms with Crippen molar-refractivity contribution in [3.63, 3.8) is 0 Å². The minimum Gasteiger partial charge on any atom is -0.337 e. The molecule has 0 spiro atoms. The van der Waals surface area contributed by atoms with Crippen LogP contribution in [0.2, 0.25) is 0 Å². The van der Waals surface area contributed by atoms with Gasteiger partial charge in [0.1, 0.15) is 0 Å². The van der Waals surface area contributed by atoms with Crippen molar-refractivity contribution >= 4 is 28.3 Å². The fraction of sp³-hybridized carbons (Fsp3) is 0.429. The minimum atomic E-state index is -1.95. The van der Waals surface area contributed by atoms with Crippen LogP contribution < -0.4 is 10.2 Å². The molecule has 1 unspecified atom stereocenters. The molecule has 0 radical (unpaired) electrons. The monoisotopic (exact) mass is 321 g/mol. The number of alkyl halides is 1. The number of hydrogen-bond donors (Lipinski definition) is 1. The second-order valence-corrected chi connectivity index (χ2v) is 6.27. The zero-order chi connectivity index (χ0) is 15.7. The van der Waals surface area contributed by atoms with Gasteiger partial charge in [0, 0.05) is 35.9 Å². The highest BCUT2D eigenvalue weighted by Crippen LogP contribution is 2.30. The number of amides is 1. The number of carbonyl (C=O) groups excluding carboxylic acids is 1. The van der Waals surface area contributed by atoms with Gasteiger partial charge in [0.05, 0.1) is 6.54 Å². The first kappa shape index (κ1) is 14.8. The van der Waals surface area contributed by atoms with E-state index >= 15 is 0 Å². The zero-order valence-electron chi connectivity index (χ0n) is 12.3. The highest BCUT2D eigenvalue weighted by Gasteiger charge is 2.46. The Labute approximate surface area is 131 Å². The number of rotatable bonds is 3. The van der Waals surface area contributed by atoms with Gasteiger partial charge in [-0.05, 0) is 19.9 Å². The second kappa shape index (κ2) is 5.60. The van der Waals surface area contributed by atoms with Crippen LogP contribution in [0.5, 0.6) is 0 Å². The van der Waals surface area contributed by atoms with E-state index in [4.69, 9.17) is 0 Å². The Kier molecular flexibility index (Phi) is 3.78. The molecule has 1 saturated heterocycles. The van der Waals surface area contributed by atoms with Crippen molar-refractivity contribution in [2.45, 2.75) is 25.9 Å². The number of aromatic nitrogens is 3. The van der Waals surface area contributed by atoms with Crippen molar-refractivity contribution in [2.24, 2.45) is 0 Å². The van der Waals surface area contributed by atoms with E-state index in [-0.39, 0.29) is 13.0 Å². The number of thiazole rings is 1. The third-order valence-electron chi connectivity index (χ3n) is 3.53. The lowest BCUT2D eigenvalue weighted by atomic mass is 10.1. The van der Waals surface area contributed by atoms with Gasteiger partial charge >= 0.3 is 0 Å². The Hall–Kier alpha value is -2.09. The summed E-state index contributed by atoms with van der Waals surface area (Å²) in [6.45, 7) is 4.09. The molecule has 1 fully saturated rings. The van der Waals surface area contributed by atoms with E-state index in [1.807, 2.05) is 19.9 Å². The summed E-state index contributed by atoms with van der Waals surface area (Å²) in [6, 6.07) is 1.86. The minimum absolute atomic E-state index is 0.0485. The number of carbonyl (C=O) groups is 1. The van der Waals surface area contributed by atoms with E-state index in [1.165, 1.54) is 11.3 Å². The van der Waals surface area contributed by atoms with E-state index in [1.54, 1.807) is 16.5 Å². The fourth-order valence-corrected chi connectivity index (χ4v) is 3.00. The Morgan fingerprint density at radius 1 is 1.41 bits per heavy atom. The van der Waals surface area contributed by atoms with E-state index in [0.29, 0.717) is 17.6 Å². The summed E-state index contributed by atoms with van der Waals surface area (Å²) in [6.07, 6.45) is 1.68. The van der Waals surface area contributed by atoms with Crippen LogP contribution in [0.25, 0.3) is 0 Å². The summed E-state index contributed by atoms with van der Waals surface area (Å²) in [7, 11) is 0. The number of anilines is 2. The molecule has 0 bridgehead atoms. The SMILES string of the molecule is Cc1cc(C)nc(N2CCC(F)(C(=O)Nc3nccs3)C2)n1. The van der Waals surface area contributed by atoms with E-state index < -0.39 is 11.6 Å². The van der Waals surface area contributed by atoms with Crippen LogP contribution in [0, 0.1) is 13.8 Å². The van der Waals surface area contributed by atoms with Gasteiger partial charge in [-0.15, -0.1) is 11.3 Å². The lowest BCUT2D eigenvalue weighted by Crippen LogP contribution is -2.41. The van der Waals surface area contributed by atoms with Crippen LogP contribution >= 0.6 is 11.3 Å². The molecule has 2 aromatic rings. The third-order valence-corrected chi connectivity index (χ3v) is 4.22. The van der Waals surface area contributed by atoms with E-state index in [2.05, 4.69) is 20.3 Å². The van der Waals surface area contributed by atoms with Gasteiger partial charge in [-0.1, -0.05) is 0 Å². The Bertz CT molecular complexity index is 672. The first-order valence-corrected chi connectivity index (χ1v) is 7.81. The summed E-state index contributed by atoms with van der Waals surface area (Å²) in [4.78, 5) is 26.5. The fourth-order valence-electron chi connectivity index (χ4n) is 2.47. The molecule has 0 saturated carbocycles. The molecular weight excluding hydrogens is 305 g/mol. The van der Waals surface area contributed by atoms with Gasteiger partial charge in [0.25, 0.3) is 5.91 Å². The van der Waals surface area contributed by atoms with Crippen molar-refractivity contribution in [3.8, 4) is 0 Å². The van der Waals surface area contributed by atoms with Gasteiger partial charge in [0.2, 0.25) is 11.6 Å². The van der Waals surface area contributed by atoms with Crippen LogP contribution in [-0.2, 0) is 4.79 Å². The van der Waals surface area contributed by atoms with Crippen molar-refractivity contribution in [2.75, 3.05) is 23.3 Å². The molecule has 2 aromatic heterocycles. The number of nitrogens with zero attached hydrogens (tertiary/aromatic N) is 4. The maximum Gasteiger partial charge on any atom is 0.265 e. The third kappa shape index (κ3) is 2.92. The van der Waals surface area contributed by atoms with Crippen LogP contribution in [0.15, 0.2) is 17.6 Å². The van der Waals surface area contributed by atoms with Crippen molar-refractivity contribution in [1.29, 1.82) is 0 Å². The molecule has 0 aliphatic carbocycles. The lowest BCUT2D eigenvalue weighted by molar-refractivity contribution is -0.126. The Morgan fingerprint density at radius 2 is 2.14 bits per heavy atom. The molecule has 8 heteroatoms. The molecule has 3 heterocycles. The predicted octanol–water partition coefficient (Wildman–Crippen LogP) is 2.11. The van der Waals surface area contributed by atoms with Crippen molar-refractivity contribution in [3.05, 3.63) is 29.0 Å². The Morgan fingerprint density at radius 3 is 2.77 bits per heavy atom. The molecule has 1 atom stereocenters. The maximum atomic E-state index is 14.9. The van der Waals surface area contributed by atoms with Crippen molar-refractivity contribution < 1.29 is 9.18 Å². The van der Waals surface area contributed by atoms with Crippen LogP contribution in [-0.4, -0.2) is 39.6 Å². The molecule has 0 aromatic carbocycles. The number of nitrogens with one attached hydrogen (secondary N) is 1. The van der Waals surface area contributed by atoms with Gasteiger partial charge in [-0.3, -0.25) is 10.1 Å². The Balaban J connectivity index is 1.74. The summed E-state index contributed by atoms with van der Waals surface area (Å²) in [5.41, 5.74) is -0.302. The highest BCUT2D eigenvalue weighted by atomic mass is 32.1. The molecule has 1 aliphatic heterocycles. The summed E-state index contributed by atoms with van der Waals surface area (Å²) in [5.74, 6) is -0.187. The molecular formula is C14H16FN5OS. The maximum absolute atomic E-state index is 14.9. The van der Waals surface area contributed by atoms with Crippen LogP contribution in [0.1, 0.15) is 17.8 Å². The van der Waals surface area contributed by atoms with Gasteiger partial charge in [-0.25, -0.2) is 19.3 Å². The number of aryl methyl sites for hydroxylation is 2. The van der Waals surface area contributed by atoms with Crippen molar-refractivity contribution in [1.82, 2.24) is 15.0 Å². The largest absolute Gasteiger partial charge is 0.337 e. The lowest BCUT2D eigenvalue weighted by Gasteiger charge is -2.20. The average molecular weight is 321 g/mol. The molecule has 22 heavy (non-hydrogen) atoms. The second-order valence-electron chi connectivity index (χ2n) is 5.38. The molecule has 3 rings (SSSR count). The number of hydrogen-bond acceptors (Lipinski definition) is 6. The molecule has 116 valence electrons. The van der Waals surface area contributed by atoms with Gasteiger partial charge < -0.3 is 4.90 Å². The van der Waals surface area contributed by atoms with Gasteiger partial charge in [0.15, 0.2) is 5.13 Å². The highest BCUT2D eigenvalue weighted by molar-refractivity contribution is 7.13. The van der Waals surface area contributed by atoms with Crippen LogP contribution in [0.4, 0.5) is 15.5 Å². The smallest absolute Gasteiger partial charge is 0.265 e. The van der Waals surface area contributed by atoms with Gasteiger partial charge in [-0.2, -0.15) is 0 Å². The topological polar surface area (TPSA) is 71.0 Å². The molecule has 1 amide bonds. The molecule has 6 nitrogen and oxygen atoms in total. The van der Waals surface area contributed by atoms with E-state index in [9.17, 15) is 9.18 Å². The zero-order valence-corrected chi connectivity index (χ0v) is 13.2. The average Bonchev–Trinajstić information content (AvgIpc) is 3.08. The normalized spacial score (nSPS) is 21.1. The molecule has 1 aliphatic rings. The summed E-state index contributed by atoms with van der Waals surface area (Å²) >= 11 is 1.26. The summed E-state index contributed by atoms with van der Waals surface area (Å²) < 4.78 is 14.9. The standard InChI is InChI=1S/C14H16FN5OS/c1-9-7-10(2)18-12(17-9)20-5-3-14(15,8-20)11(21)19-13-16-4-6-22-13/h4,6-7H,3,5,8H2,1-2H3,(H,16,19,21). The predicted molar refractivity (Wildman–Crippen MR) is 82.9 cm³/mol. The summed E-state index contributed by atoms with van der Waals surface area (Å²) in [5, 5.41) is 4.66. The van der Waals surface area contributed by atoms with Crippen LogP contribution in [0.3, 0.4) is 0 Å². The number of halogens is 1. The first-order valence-electron chi connectivity index (χ1n) is 6.93. The van der Waals surface area contributed by atoms with E-state index in [0.717, 1.165) is 11.4 Å².